The molecule has 0 atom stereocenters. The lowest BCUT2D eigenvalue weighted by atomic mass is 10.1. The Morgan fingerprint density at radius 1 is 0.906 bits per heavy atom. The molecule has 0 spiro atoms. The first-order chi connectivity index (χ1) is 15.6. The fourth-order valence-corrected chi connectivity index (χ4v) is 2.88. The first-order valence-corrected chi connectivity index (χ1v) is 10.5. The highest BCUT2D eigenvalue weighted by atomic mass is 15.1. The van der Waals surface area contributed by atoms with Gasteiger partial charge in [-0.25, -0.2) is 0 Å². The molecule has 3 rings (SSSR count). The summed E-state index contributed by atoms with van der Waals surface area (Å²) < 4.78 is 0. The largest absolute Gasteiger partial charge is 0.363 e. The fraction of sp³-hybridized carbons (Fsp3) is 0.143. The van der Waals surface area contributed by atoms with Crippen LogP contribution in [0.5, 0.6) is 0 Å². The Hall–Kier alpha value is -3.76. The molecule has 0 fully saturated rings. The molecule has 1 aromatic rings. The Kier molecular flexibility index (Phi) is 13.1. The second-order valence-electron chi connectivity index (χ2n) is 6.74. The van der Waals surface area contributed by atoms with Crippen LogP contribution in [0.25, 0.3) is 0 Å². The van der Waals surface area contributed by atoms with Crippen molar-refractivity contribution in [3.63, 3.8) is 0 Å². The van der Waals surface area contributed by atoms with Gasteiger partial charge in [0.15, 0.2) is 0 Å². The summed E-state index contributed by atoms with van der Waals surface area (Å²) in [5.74, 6) is 0. The lowest BCUT2D eigenvalue weighted by Crippen LogP contribution is -2.27. The molecule has 166 valence electrons. The standard InChI is InChI=1S/C21H21N3.C6H8.CH5N/c22-20-13-12-19(14-21(20)23)24(16-18-10-6-3-7-11-18)15-17-8-4-1-2-5-9-17;1-3-5-6-4-2;1-2/h1,3-14,22-23H,2,15-16H2;3-6H,1-2H2;2H2,1H3/b;6-5-;. The van der Waals surface area contributed by atoms with Crippen molar-refractivity contribution in [2.24, 2.45) is 5.73 Å². The van der Waals surface area contributed by atoms with E-state index in [1.165, 1.54) is 18.2 Å². The highest BCUT2D eigenvalue weighted by molar-refractivity contribution is 6.49. The molecule has 2 aliphatic carbocycles. The average Bonchev–Trinajstić information content (AvgIpc) is 3.10. The Balaban J connectivity index is 0.000000556. The number of nitrogens with zero attached hydrogens (tertiary/aromatic N) is 1. The van der Waals surface area contributed by atoms with Crippen molar-refractivity contribution in [2.45, 2.75) is 13.0 Å². The predicted molar refractivity (Wildman–Crippen MR) is 140 cm³/mol. The molecule has 4 heteroatoms. The molecule has 0 aromatic heterocycles. The third-order valence-electron chi connectivity index (χ3n) is 4.39. The van der Waals surface area contributed by atoms with Gasteiger partial charge in [-0.3, -0.25) is 10.8 Å². The van der Waals surface area contributed by atoms with Gasteiger partial charge in [-0.1, -0.05) is 98.2 Å². The van der Waals surface area contributed by atoms with Crippen LogP contribution >= 0.6 is 0 Å². The minimum absolute atomic E-state index is 0.259. The molecular formula is C28H34N4. The van der Waals surface area contributed by atoms with Crippen LogP contribution in [0.1, 0.15) is 12.0 Å². The second kappa shape index (κ2) is 16.0. The maximum absolute atomic E-state index is 7.93. The van der Waals surface area contributed by atoms with Crippen molar-refractivity contribution in [3.8, 4) is 0 Å². The monoisotopic (exact) mass is 426 g/mol. The van der Waals surface area contributed by atoms with Crippen molar-refractivity contribution < 1.29 is 0 Å². The van der Waals surface area contributed by atoms with E-state index in [0.717, 1.165) is 25.2 Å². The zero-order chi connectivity index (χ0) is 23.6. The summed E-state index contributed by atoms with van der Waals surface area (Å²) in [5.41, 5.74) is 8.46. The van der Waals surface area contributed by atoms with Gasteiger partial charge in [-0.05, 0) is 42.8 Å². The summed E-state index contributed by atoms with van der Waals surface area (Å²) in [6.07, 6.45) is 24.2. The van der Waals surface area contributed by atoms with Gasteiger partial charge >= 0.3 is 0 Å². The summed E-state index contributed by atoms with van der Waals surface area (Å²) in [6, 6.07) is 10.3. The van der Waals surface area contributed by atoms with Gasteiger partial charge in [0.1, 0.15) is 0 Å². The predicted octanol–water partition coefficient (Wildman–Crippen LogP) is 5.91. The molecule has 4 N–H and O–H groups in total. The molecule has 0 saturated carbocycles. The van der Waals surface area contributed by atoms with Crippen LogP contribution in [0.3, 0.4) is 0 Å². The third-order valence-corrected chi connectivity index (χ3v) is 4.39. The van der Waals surface area contributed by atoms with E-state index in [9.17, 15) is 0 Å². The van der Waals surface area contributed by atoms with Crippen molar-refractivity contribution in [2.75, 3.05) is 13.6 Å². The molecule has 1 aromatic carbocycles. The SMILES string of the molecule is C=C/C=C\C=C.CN.N=C1C=CC(N(CC2=CC=CCC=C2)Cc2ccccc2)=CC1=N. The molecule has 4 nitrogen and oxygen atoms in total. The highest BCUT2D eigenvalue weighted by Crippen LogP contribution is 2.19. The number of hydrogen-bond acceptors (Lipinski definition) is 4. The molecule has 0 amide bonds. The van der Waals surface area contributed by atoms with Crippen LogP contribution in [0.15, 0.2) is 128 Å². The number of nitrogens with one attached hydrogen (secondary N) is 2. The lowest BCUT2D eigenvalue weighted by molar-refractivity contribution is 0.379. The number of rotatable bonds is 7. The van der Waals surface area contributed by atoms with E-state index >= 15 is 0 Å². The van der Waals surface area contributed by atoms with E-state index in [-0.39, 0.29) is 11.4 Å². The first-order valence-electron chi connectivity index (χ1n) is 10.5. The summed E-state index contributed by atoms with van der Waals surface area (Å²) in [4.78, 5) is 2.25. The molecule has 0 saturated heterocycles. The quantitative estimate of drug-likeness (QED) is 0.374. The molecule has 0 aliphatic heterocycles. The van der Waals surface area contributed by atoms with Crippen LogP contribution in [-0.2, 0) is 6.54 Å². The molecule has 2 aliphatic rings. The van der Waals surface area contributed by atoms with Gasteiger partial charge < -0.3 is 10.6 Å². The van der Waals surface area contributed by atoms with Crippen molar-refractivity contribution >= 4 is 11.4 Å². The maximum Gasteiger partial charge on any atom is 0.0809 e. The Labute approximate surface area is 192 Å². The topological polar surface area (TPSA) is 77.0 Å². The van der Waals surface area contributed by atoms with E-state index in [1.807, 2.05) is 36.4 Å². The summed E-state index contributed by atoms with van der Waals surface area (Å²) in [6.45, 7) is 8.47. The summed E-state index contributed by atoms with van der Waals surface area (Å²) in [5, 5.41) is 15.7. The number of hydrogen-bond donors (Lipinski definition) is 3. The van der Waals surface area contributed by atoms with Gasteiger partial charge in [0.05, 0.1) is 11.4 Å². The molecule has 0 unspecified atom stereocenters. The Morgan fingerprint density at radius 3 is 2.22 bits per heavy atom. The highest BCUT2D eigenvalue weighted by Gasteiger charge is 2.14. The van der Waals surface area contributed by atoms with Crippen molar-refractivity contribution in [3.05, 3.63) is 133 Å². The van der Waals surface area contributed by atoms with E-state index < -0.39 is 0 Å². The van der Waals surface area contributed by atoms with E-state index in [1.54, 1.807) is 24.3 Å². The van der Waals surface area contributed by atoms with Gasteiger partial charge in [-0.2, -0.15) is 0 Å². The number of allylic oxidation sites excluding steroid dienone is 11. The zero-order valence-electron chi connectivity index (χ0n) is 18.9. The molecule has 32 heavy (non-hydrogen) atoms. The van der Waals surface area contributed by atoms with Gasteiger partial charge in [0.25, 0.3) is 0 Å². The van der Waals surface area contributed by atoms with Gasteiger partial charge in [0.2, 0.25) is 0 Å². The minimum Gasteiger partial charge on any atom is -0.363 e. The Bertz CT molecular complexity index is 931. The van der Waals surface area contributed by atoms with Crippen LogP contribution in [0.2, 0.25) is 0 Å². The van der Waals surface area contributed by atoms with E-state index in [4.69, 9.17) is 10.8 Å². The molecule has 0 heterocycles. The number of nitrogens with two attached hydrogens (primary N) is 1. The van der Waals surface area contributed by atoms with Crippen LogP contribution in [0, 0.1) is 10.8 Å². The zero-order valence-corrected chi connectivity index (χ0v) is 18.9. The van der Waals surface area contributed by atoms with Crippen molar-refractivity contribution in [1.82, 2.24) is 4.90 Å². The maximum atomic E-state index is 7.93. The van der Waals surface area contributed by atoms with Crippen LogP contribution in [0.4, 0.5) is 0 Å². The fourth-order valence-electron chi connectivity index (χ4n) is 2.88. The van der Waals surface area contributed by atoms with E-state index in [2.05, 4.69) is 66.3 Å². The van der Waals surface area contributed by atoms with Crippen molar-refractivity contribution in [1.29, 1.82) is 10.8 Å². The van der Waals surface area contributed by atoms with E-state index in [0.29, 0.717) is 0 Å². The summed E-state index contributed by atoms with van der Waals surface area (Å²) >= 11 is 0. The Morgan fingerprint density at radius 2 is 1.59 bits per heavy atom. The summed E-state index contributed by atoms with van der Waals surface area (Å²) in [7, 11) is 1.50. The molecular weight excluding hydrogens is 392 g/mol. The average molecular weight is 427 g/mol. The first kappa shape index (κ1) is 26.3. The van der Waals surface area contributed by atoms with Gasteiger partial charge in [-0.15, -0.1) is 0 Å². The third kappa shape index (κ3) is 9.83. The minimum atomic E-state index is 0.259. The van der Waals surface area contributed by atoms with Gasteiger partial charge in [0, 0.05) is 18.8 Å². The van der Waals surface area contributed by atoms with Crippen LogP contribution in [-0.4, -0.2) is 29.9 Å². The second-order valence-corrected chi connectivity index (χ2v) is 6.74. The number of benzene rings is 1. The molecule has 0 bridgehead atoms. The van der Waals surface area contributed by atoms with Crippen LogP contribution < -0.4 is 5.73 Å². The smallest absolute Gasteiger partial charge is 0.0809 e. The lowest BCUT2D eigenvalue weighted by Gasteiger charge is -2.28. The normalized spacial score (nSPS) is 14.3. The molecule has 0 radical (unpaired) electrons.